The molecule has 2 atom stereocenters. The van der Waals surface area contributed by atoms with Gasteiger partial charge in [-0.1, -0.05) is 64.4 Å². The second-order valence-electron chi connectivity index (χ2n) is 11.4. The summed E-state index contributed by atoms with van der Waals surface area (Å²) in [5.74, 6) is 1.37. The smallest absolute Gasteiger partial charge is 0.119 e. The van der Waals surface area contributed by atoms with Gasteiger partial charge in [0.2, 0.25) is 0 Å². The molecule has 2 N–H and O–H groups in total. The first-order valence-electron chi connectivity index (χ1n) is 15.9. The van der Waals surface area contributed by atoms with Crippen LogP contribution in [0, 0.1) is 0 Å². The van der Waals surface area contributed by atoms with E-state index >= 15 is 0 Å². The van der Waals surface area contributed by atoms with Crippen LogP contribution in [0.25, 0.3) is 0 Å². The summed E-state index contributed by atoms with van der Waals surface area (Å²) in [6.45, 7) is 24.1. The minimum Gasteiger partial charge on any atom is -0.500 e. The molecule has 0 amide bonds. The second-order valence-corrected chi connectivity index (χ2v) is 11.4. The molecule has 0 saturated carbocycles. The van der Waals surface area contributed by atoms with Crippen LogP contribution in [0.15, 0.2) is 99.9 Å². The maximum absolute atomic E-state index is 10.6. The molecule has 2 aromatic rings. The highest BCUT2D eigenvalue weighted by Gasteiger charge is 2.23. The van der Waals surface area contributed by atoms with Crippen molar-refractivity contribution in [3.8, 4) is 11.5 Å². The molecule has 0 aliphatic carbocycles. The molecule has 0 aliphatic heterocycles. The summed E-state index contributed by atoms with van der Waals surface area (Å²) in [7, 11) is 0. The first kappa shape index (κ1) is 39.2. The zero-order valence-electron chi connectivity index (χ0n) is 28.1. The van der Waals surface area contributed by atoms with Crippen LogP contribution in [-0.2, 0) is 24.4 Å². The number of benzene rings is 2. The molecular weight excluding hydrogens is 600 g/mol. The molecule has 260 valence electrons. The fourth-order valence-electron chi connectivity index (χ4n) is 4.84. The van der Waals surface area contributed by atoms with Crippen molar-refractivity contribution in [2.45, 2.75) is 31.5 Å². The summed E-state index contributed by atoms with van der Waals surface area (Å²) in [5.41, 5.74) is 1.95. The normalized spacial score (nSPS) is 12.6. The number of aliphatic hydroxyl groups excluding tert-OH is 2. The van der Waals surface area contributed by atoms with E-state index in [9.17, 15) is 10.2 Å². The van der Waals surface area contributed by atoms with Crippen LogP contribution in [0.3, 0.4) is 0 Å². The largest absolute Gasteiger partial charge is 0.500 e. The summed E-state index contributed by atoms with van der Waals surface area (Å²) >= 11 is 0. The Hall–Kier alpha value is -3.96. The van der Waals surface area contributed by atoms with Gasteiger partial charge in [-0.2, -0.15) is 0 Å². The molecule has 0 aliphatic rings. The molecule has 0 bridgehead atoms. The molecule has 47 heavy (non-hydrogen) atoms. The number of nitrogens with zero attached hydrogens (tertiary/aromatic N) is 2. The Kier molecular flexibility index (Phi) is 18.8. The zero-order chi connectivity index (χ0) is 34.3. The van der Waals surface area contributed by atoms with Gasteiger partial charge in [-0.05, 0) is 35.4 Å². The number of ether oxygens (including phenoxy) is 6. The van der Waals surface area contributed by atoms with Crippen molar-refractivity contribution in [2.24, 2.45) is 0 Å². The van der Waals surface area contributed by atoms with Crippen LogP contribution in [0.2, 0.25) is 0 Å². The SMILES string of the molecule is C=COCCN(CCOC=C)CC(O)COc1ccc(C(C)(C)c2ccc(OCC(O)CN(CCOC=C)CCOC=C)cc2)cc1. The van der Waals surface area contributed by atoms with Crippen molar-refractivity contribution in [3.05, 3.63) is 111 Å². The predicted octanol–water partition coefficient (Wildman–Crippen LogP) is 4.74. The fraction of sp³-hybridized carbons (Fsp3) is 0.459. The van der Waals surface area contributed by atoms with E-state index in [0.29, 0.717) is 77.2 Å². The van der Waals surface area contributed by atoms with E-state index in [1.54, 1.807) is 0 Å². The lowest BCUT2D eigenvalue weighted by atomic mass is 9.78. The second kappa shape index (κ2) is 22.5. The minimum absolute atomic E-state index is 0.158. The third kappa shape index (κ3) is 15.5. The van der Waals surface area contributed by atoms with Crippen LogP contribution >= 0.6 is 0 Å². The average molecular weight is 655 g/mol. The van der Waals surface area contributed by atoms with Gasteiger partial charge in [0.1, 0.15) is 36.9 Å². The Balaban J connectivity index is 1.88. The molecule has 0 spiro atoms. The van der Waals surface area contributed by atoms with Crippen molar-refractivity contribution < 1.29 is 38.6 Å². The van der Waals surface area contributed by atoms with E-state index < -0.39 is 12.2 Å². The summed E-state index contributed by atoms with van der Waals surface area (Å²) in [4.78, 5) is 4.09. The monoisotopic (exact) mass is 654 g/mol. The molecule has 0 aromatic heterocycles. The summed E-state index contributed by atoms with van der Waals surface area (Å²) in [6.07, 6.45) is 4.25. The summed E-state index contributed by atoms with van der Waals surface area (Å²) < 4.78 is 32.7. The summed E-state index contributed by atoms with van der Waals surface area (Å²) in [6, 6.07) is 15.9. The molecule has 10 heteroatoms. The van der Waals surface area contributed by atoms with Crippen molar-refractivity contribution in [3.63, 3.8) is 0 Å². The van der Waals surface area contributed by atoms with Crippen LogP contribution in [-0.4, -0.2) is 111 Å². The molecule has 2 rings (SSSR count). The Morgan fingerprint density at radius 3 is 1.15 bits per heavy atom. The van der Waals surface area contributed by atoms with Crippen molar-refractivity contribution in [2.75, 3.05) is 78.9 Å². The number of rotatable bonds is 28. The zero-order valence-corrected chi connectivity index (χ0v) is 28.1. The molecule has 2 aromatic carbocycles. The lowest BCUT2D eigenvalue weighted by Crippen LogP contribution is -2.39. The fourth-order valence-corrected chi connectivity index (χ4v) is 4.84. The van der Waals surface area contributed by atoms with Gasteiger partial charge in [0, 0.05) is 44.7 Å². The number of aliphatic hydroxyl groups is 2. The third-order valence-corrected chi connectivity index (χ3v) is 7.55. The maximum atomic E-state index is 10.6. The van der Waals surface area contributed by atoms with Gasteiger partial charge in [0.25, 0.3) is 0 Å². The summed E-state index contributed by atoms with van der Waals surface area (Å²) in [5, 5.41) is 21.2. The molecule has 0 fully saturated rings. The van der Waals surface area contributed by atoms with E-state index in [1.807, 2.05) is 58.3 Å². The van der Waals surface area contributed by atoms with Gasteiger partial charge in [-0.15, -0.1) is 0 Å². The van der Waals surface area contributed by atoms with E-state index in [-0.39, 0.29) is 18.6 Å². The lowest BCUT2D eigenvalue weighted by molar-refractivity contribution is 0.0523. The Labute approximate surface area is 281 Å². The molecule has 0 radical (unpaired) electrons. The number of hydrogen-bond donors (Lipinski definition) is 2. The van der Waals surface area contributed by atoms with Gasteiger partial charge in [0.15, 0.2) is 0 Å². The first-order valence-corrected chi connectivity index (χ1v) is 15.9. The highest BCUT2D eigenvalue weighted by atomic mass is 16.5. The Morgan fingerprint density at radius 2 is 0.872 bits per heavy atom. The molecule has 10 nitrogen and oxygen atoms in total. The van der Waals surface area contributed by atoms with Gasteiger partial charge < -0.3 is 38.6 Å². The molecule has 2 unspecified atom stereocenters. The van der Waals surface area contributed by atoms with Crippen molar-refractivity contribution in [1.29, 1.82) is 0 Å². The van der Waals surface area contributed by atoms with Crippen LogP contribution in [0.4, 0.5) is 0 Å². The topological polar surface area (TPSA) is 102 Å². The standard InChI is InChI=1S/C37H54N2O8/c1-7-42-23-19-38(20-24-43-8-2)27-33(40)29-46-35-15-11-31(12-16-35)37(5,6)32-13-17-36(18-14-32)47-30-34(41)28-39(21-25-44-9-3)22-26-45-10-4/h7-18,33-34,40-41H,1-4,19-30H2,5-6H3. The molecular formula is C37H54N2O8. The maximum Gasteiger partial charge on any atom is 0.119 e. The predicted molar refractivity (Wildman–Crippen MR) is 185 cm³/mol. The van der Waals surface area contributed by atoms with E-state index in [2.05, 4.69) is 40.2 Å². The van der Waals surface area contributed by atoms with Gasteiger partial charge >= 0.3 is 0 Å². The van der Waals surface area contributed by atoms with E-state index in [0.717, 1.165) is 11.1 Å². The molecule has 0 heterocycles. The van der Waals surface area contributed by atoms with Crippen LogP contribution in [0.5, 0.6) is 11.5 Å². The Morgan fingerprint density at radius 1 is 0.574 bits per heavy atom. The molecule has 0 saturated heterocycles. The van der Waals surface area contributed by atoms with Crippen LogP contribution in [0.1, 0.15) is 25.0 Å². The van der Waals surface area contributed by atoms with Gasteiger partial charge in [-0.3, -0.25) is 9.80 Å². The van der Waals surface area contributed by atoms with Crippen LogP contribution < -0.4 is 9.47 Å². The third-order valence-electron chi connectivity index (χ3n) is 7.55. The Bertz CT molecular complexity index is 1040. The lowest BCUT2D eigenvalue weighted by Gasteiger charge is -2.27. The van der Waals surface area contributed by atoms with Gasteiger partial charge in [0.05, 0.1) is 51.5 Å². The highest BCUT2D eigenvalue weighted by molar-refractivity contribution is 5.41. The van der Waals surface area contributed by atoms with E-state index in [4.69, 9.17) is 28.4 Å². The average Bonchev–Trinajstić information content (AvgIpc) is 3.07. The van der Waals surface area contributed by atoms with Crippen molar-refractivity contribution >= 4 is 0 Å². The highest BCUT2D eigenvalue weighted by Crippen LogP contribution is 2.33. The van der Waals surface area contributed by atoms with E-state index in [1.165, 1.54) is 25.0 Å². The van der Waals surface area contributed by atoms with Crippen molar-refractivity contribution in [1.82, 2.24) is 9.80 Å². The quantitative estimate of drug-likeness (QED) is 0.0989. The first-order chi connectivity index (χ1) is 22.7. The van der Waals surface area contributed by atoms with Gasteiger partial charge in [-0.25, -0.2) is 0 Å². The minimum atomic E-state index is -0.687. The number of hydrogen-bond acceptors (Lipinski definition) is 10.